The lowest BCUT2D eigenvalue weighted by Crippen LogP contribution is -2.20. The van der Waals surface area contributed by atoms with E-state index >= 15 is 0 Å². The molecule has 0 fully saturated rings. The quantitative estimate of drug-likeness (QED) is 0.912. The van der Waals surface area contributed by atoms with Crippen molar-refractivity contribution in [3.05, 3.63) is 58.9 Å². The summed E-state index contributed by atoms with van der Waals surface area (Å²) in [7, 11) is 1.49. The predicted molar refractivity (Wildman–Crippen MR) is 78.0 cm³/mol. The number of anilines is 1. The molecule has 0 bridgehead atoms. The lowest BCUT2D eigenvalue weighted by Gasteiger charge is -2.13. The summed E-state index contributed by atoms with van der Waals surface area (Å²) < 4.78 is 18.1. The van der Waals surface area contributed by atoms with Crippen molar-refractivity contribution in [2.45, 2.75) is 6.10 Å². The van der Waals surface area contributed by atoms with Gasteiger partial charge in [0.1, 0.15) is 11.6 Å². The molecule has 21 heavy (non-hydrogen) atoms. The van der Waals surface area contributed by atoms with Gasteiger partial charge in [-0.15, -0.1) is 0 Å². The first-order chi connectivity index (χ1) is 10.0. The molecule has 2 rings (SSSR count). The van der Waals surface area contributed by atoms with E-state index in [1.54, 1.807) is 24.3 Å². The average molecular weight is 310 g/mol. The fourth-order valence-corrected chi connectivity index (χ4v) is 1.93. The average Bonchev–Trinajstić information content (AvgIpc) is 2.50. The van der Waals surface area contributed by atoms with Crippen molar-refractivity contribution in [2.75, 3.05) is 12.4 Å². The monoisotopic (exact) mass is 309 g/mol. The smallest absolute Gasteiger partial charge is 0.257 e. The number of benzene rings is 2. The van der Waals surface area contributed by atoms with Gasteiger partial charge in [-0.25, -0.2) is 4.39 Å². The third kappa shape index (κ3) is 3.71. The van der Waals surface area contributed by atoms with Gasteiger partial charge in [-0.3, -0.25) is 4.79 Å². The van der Waals surface area contributed by atoms with Crippen LogP contribution in [-0.4, -0.2) is 18.1 Å². The van der Waals surface area contributed by atoms with Crippen LogP contribution in [0.2, 0.25) is 5.02 Å². The Labute approximate surface area is 126 Å². The van der Waals surface area contributed by atoms with Crippen molar-refractivity contribution in [2.24, 2.45) is 0 Å². The number of nitrogens with one attached hydrogen (secondary N) is 1. The molecule has 2 aromatic rings. The zero-order chi connectivity index (χ0) is 15.4. The van der Waals surface area contributed by atoms with Crippen LogP contribution >= 0.6 is 11.6 Å². The third-order valence-electron chi connectivity index (χ3n) is 2.85. The Morgan fingerprint density at radius 1 is 1.33 bits per heavy atom. The Morgan fingerprint density at radius 2 is 2.10 bits per heavy atom. The number of rotatable bonds is 4. The van der Waals surface area contributed by atoms with E-state index < -0.39 is 17.8 Å². The molecule has 1 unspecified atom stereocenters. The zero-order valence-corrected chi connectivity index (χ0v) is 11.9. The molecular weight excluding hydrogens is 297 g/mol. The number of amides is 1. The van der Waals surface area contributed by atoms with Gasteiger partial charge in [-0.1, -0.05) is 23.7 Å². The van der Waals surface area contributed by atoms with Crippen LogP contribution in [0.5, 0.6) is 5.75 Å². The van der Waals surface area contributed by atoms with Gasteiger partial charge in [0, 0.05) is 5.69 Å². The lowest BCUT2D eigenvalue weighted by atomic mass is 10.1. The van der Waals surface area contributed by atoms with E-state index in [2.05, 4.69) is 5.32 Å². The molecule has 1 amide bonds. The largest absolute Gasteiger partial charge is 0.497 e. The Hall–Kier alpha value is -2.11. The number of hydrogen-bond acceptors (Lipinski definition) is 3. The highest BCUT2D eigenvalue weighted by Gasteiger charge is 2.18. The molecule has 0 saturated heterocycles. The summed E-state index contributed by atoms with van der Waals surface area (Å²) in [6.07, 6.45) is -1.37. The Balaban J connectivity index is 2.13. The second-order valence-electron chi connectivity index (χ2n) is 4.30. The van der Waals surface area contributed by atoms with Crippen molar-refractivity contribution in [1.29, 1.82) is 0 Å². The van der Waals surface area contributed by atoms with Gasteiger partial charge >= 0.3 is 0 Å². The second-order valence-corrected chi connectivity index (χ2v) is 4.70. The first kappa shape index (κ1) is 15.3. The van der Waals surface area contributed by atoms with Crippen molar-refractivity contribution >= 4 is 23.2 Å². The maximum atomic E-state index is 13.0. The number of hydrogen-bond donors (Lipinski definition) is 2. The van der Waals surface area contributed by atoms with E-state index in [9.17, 15) is 14.3 Å². The maximum Gasteiger partial charge on any atom is 0.257 e. The van der Waals surface area contributed by atoms with E-state index in [1.165, 1.54) is 19.2 Å². The summed E-state index contributed by atoms with van der Waals surface area (Å²) in [6.45, 7) is 0. The van der Waals surface area contributed by atoms with Crippen molar-refractivity contribution in [3.8, 4) is 5.75 Å². The molecule has 0 aromatic heterocycles. The third-order valence-corrected chi connectivity index (χ3v) is 3.13. The molecule has 2 aromatic carbocycles. The van der Waals surface area contributed by atoms with E-state index in [4.69, 9.17) is 16.3 Å². The molecule has 110 valence electrons. The van der Waals surface area contributed by atoms with Gasteiger partial charge in [-0.2, -0.15) is 0 Å². The minimum absolute atomic E-state index is 0.108. The Kier molecular flexibility index (Phi) is 4.77. The number of aliphatic hydroxyl groups is 1. The number of carbonyl (C=O) groups excluding carboxylic acids is 1. The molecule has 0 aliphatic heterocycles. The highest BCUT2D eigenvalue weighted by atomic mass is 35.5. The molecule has 0 heterocycles. The van der Waals surface area contributed by atoms with Crippen LogP contribution in [-0.2, 0) is 4.79 Å². The lowest BCUT2D eigenvalue weighted by molar-refractivity contribution is -0.124. The molecule has 0 radical (unpaired) electrons. The van der Waals surface area contributed by atoms with Crippen LogP contribution in [0.15, 0.2) is 42.5 Å². The van der Waals surface area contributed by atoms with Crippen LogP contribution in [0.3, 0.4) is 0 Å². The summed E-state index contributed by atoms with van der Waals surface area (Å²) in [5, 5.41) is 12.4. The van der Waals surface area contributed by atoms with E-state index in [1.807, 2.05) is 0 Å². The number of halogens is 2. The van der Waals surface area contributed by atoms with Crippen LogP contribution in [0.4, 0.5) is 10.1 Å². The first-order valence-corrected chi connectivity index (χ1v) is 6.47. The second kappa shape index (κ2) is 6.56. The Bertz CT molecular complexity index is 663. The normalized spacial score (nSPS) is 11.8. The molecule has 2 N–H and O–H groups in total. The van der Waals surface area contributed by atoms with Crippen LogP contribution < -0.4 is 10.1 Å². The van der Waals surface area contributed by atoms with Gasteiger partial charge in [0.2, 0.25) is 0 Å². The summed E-state index contributed by atoms with van der Waals surface area (Å²) in [5.41, 5.74) is 0.688. The zero-order valence-electron chi connectivity index (χ0n) is 11.1. The van der Waals surface area contributed by atoms with Crippen molar-refractivity contribution in [3.63, 3.8) is 0 Å². The van der Waals surface area contributed by atoms with Crippen LogP contribution in [0.1, 0.15) is 11.7 Å². The van der Waals surface area contributed by atoms with Crippen LogP contribution in [0.25, 0.3) is 0 Å². The highest BCUT2D eigenvalue weighted by Crippen LogP contribution is 2.23. The number of aliphatic hydroxyl groups excluding tert-OH is 1. The van der Waals surface area contributed by atoms with E-state index in [-0.39, 0.29) is 5.02 Å². The van der Waals surface area contributed by atoms with Gasteiger partial charge in [0.25, 0.3) is 5.91 Å². The fraction of sp³-hybridized carbons (Fsp3) is 0.133. The minimum atomic E-state index is -1.37. The number of methoxy groups -OCH3 is 1. The predicted octanol–water partition coefficient (Wildman–Crippen LogP) is 3.16. The highest BCUT2D eigenvalue weighted by molar-refractivity contribution is 6.31. The standard InChI is InChI=1S/C15H13ClFNO3/c1-21-11-4-2-3-9(7-11)14(19)15(20)18-10-5-6-13(17)12(16)8-10/h2-8,14,19H,1H3,(H,18,20). The molecule has 6 heteroatoms. The van der Waals surface area contributed by atoms with Crippen LogP contribution in [0, 0.1) is 5.82 Å². The molecule has 0 spiro atoms. The first-order valence-electron chi connectivity index (χ1n) is 6.09. The van der Waals surface area contributed by atoms with Gasteiger partial charge in [-0.05, 0) is 35.9 Å². The number of ether oxygens (including phenoxy) is 1. The van der Waals surface area contributed by atoms with Crippen molar-refractivity contribution < 1.29 is 19.0 Å². The molecule has 0 saturated carbocycles. The maximum absolute atomic E-state index is 13.0. The molecule has 0 aliphatic rings. The summed E-state index contributed by atoms with van der Waals surface area (Å²) in [5.74, 6) is -0.696. The summed E-state index contributed by atoms with van der Waals surface area (Å²) in [6, 6.07) is 10.3. The topological polar surface area (TPSA) is 58.6 Å². The molecule has 4 nitrogen and oxygen atoms in total. The van der Waals surface area contributed by atoms with Crippen molar-refractivity contribution in [1.82, 2.24) is 0 Å². The summed E-state index contributed by atoms with van der Waals surface area (Å²) in [4.78, 5) is 12.0. The Morgan fingerprint density at radius 3 is 2.76 bits per heavy atom. The summed E-state index contributed by atoms with van der Waals surface area (Å²) >= 11 is 5.63. The molecule has 0 aliphatic carbocycles. The number of carbonyl (C=O) groups is 1. The minimum Gasteiger partial charge on any atom is -0.497 e. The van der Waals surface area contributed by atoms with E-state index in [0.717, 1.165) is 6.07 Å². The fourth-order valence-electron chi connectivity index (χ4n) is 1.75. The van der Waals surface area contributed by atoms with Gasteiger partial charge < -0.3 is 15.2 Å². The van der Waals surface area contributed by atoms with Gasteiger partial charge in [0.15, 0.2) is 6.10 Å². The SMILES string of the molecule is COc1cccc(C(O)C(=O)Nc2ccc(F)c(Cl)c2)c1. The van der Waals surface area contributed by atoms with E-state index in [0.29, 0.717) is 17.0 Å². The molecular formula is C15H13ClFNO3. The molecule has 1 atom stereocenters. The van der Waals surface area contributed by atoms with Gasteiger partial charge in [0.05, 0.1) is 12.1 Å².